The number of aliphatic hydroxyl groups is 1. The molecule has 1 atom stereocenters. The van der Waals surface area contributed by atoms with Crippen LogP contribution in [0.25, 0.3) is 0 Å². The fourth-order valence-corrected chi connectivity index (χ4v) is 1.21. The second kappa shape index (κ2) is 7.32. The van der Waals surface area contributed by atoms with Crippen molar-refractivity contribution in [2.24, 2.45) is 0 Å². The first-order valence-electron chi connectivity index (χ1n) is 4.62. The van der Waals surface area contributed by atoms with E-state index in [-0.39, 0.29) is 0 Å². The molecule has 0 aliphatic carbocycles. The van der Waals surface area contributed by atoms with Crippen LogP contribution in [0.1, 0.15) is 26.2 Å². The molecule has 0 aliphatic heterocycles. The summed E-state index contributed by atoms with van der Waals surface area (Å²) in [6, 6.07) is 0.529. The second-order valence-electron chi connectivity index (χ2n) is 3.28. The van der Waals surface area contributed by atoms with Gasteiger partial charge in [0.2, 0.25) is 0 Å². The molecule has 0 aromatic carbocycles. The van der Waals surface area contributed by atoms with E-state index < -0.39 is 0 Å². The maximum atomic E-state index is 8.62. The van der Waals surface area contributed by atoms with Gasteiger partial charge in [-0.25, -0.2) is 0 Å². The Bertz CT molecular complexity index is 121. The number of nitrogens with zero attached hydrogens (tertiary/aromatic N) is 1. The van der Waals surface area contributed by atoms with E-state index in [1.54, 1.807) is 0 Å². The van der Waals surface area contributed by atoms with Gasteiger partial charge in [0.05, 0.1) is 0 Å². The van der Waals surface area contributed by atoms with Crippen molar-refractivity contribution in [3.05, 3.63) is 12.2 Å². The van der Waals surface area contributed by atoms with E-state index in [2.05, 4.69) is 31.1 Å². The lowest BCUT2D eigenvalue weighted by molar-refractivity contribution is 0.268. The quantitative estimate of drug-likeness (QED) is 0.485. The molecule has 1 unspecified atom stereocenters. The van der Waals surface area contributed by atoms with Gasteiger partial charge in [-0.05, 0) is 40.3 Å². The molecule has 12 heavy (non-hydrogen) atoms. The number of allylic oxidation sites excluding steroid dienone is 1. The Labute approximate surface area is 75.9 Å². The molecule has 0 aliphatic rings. The summed E-state index contributed by atoms with van der Waals surface area (Å²) in [6.45, 7) is 2.36. The van der Waals surface area contributed by atoms with Gasteiger partial charge in [0.15, 0.2) is 0 Å². The Kier molecular flexibility index (Phi) is 7.11. The van der Waals surface area contributed by atoms with Gasteiger partial charge in [-0.15, -0.1) is 0 Å². The first kappa shape index (κ1) is 11.7. The fourth-order valence-electron chi connectivity index (χ4n) is 1.21. The normalized spacial score (nSPS) is 14.4. The van der Waals surface area contributed by atoms with E-state index in [1.807, 2.05) is 6.92 Å². The number of hydrogen-bond donors (Lipinski definition) is 1. The Morgan fingerprint density at radius 2 is 2.00 bits per heavy atom. The maximum Gasteiger partial charge on any atom is 0.0431 e. The highest BCUT2D eigenvalue weighted by Gasteiger charge is 2.05. The lowest BCUT2D eigenvalue weighted by atomic mass is 10.1. The third-order valence-corrected chi connectivity index (χ3v) is 1.99. The lowest BCUT2D eigenvalue weighted by Crippen LogP contribution is -2.25. The molecule has 0 bridgehead atoms. The minimum absolute atomic E-state index is 0.315. The number of rotatable bonds is 6. The molecule has 0 rings (SSSR count). The standard InChI is InChI=1S/C10H21NO/c1-4-7-10(11(2)3)8-5-6-9-12/h4,7,10,12H,5-6,8-9H2,1-3H3/b7-4+. The second-order valence-corrected chi connectivity index (χ2v) is 3.28. The zero-order chi connectivity index (χ0) is 9.40. The van der Waals surface area contributed by atoms with Gasteiger partial charge >= 0.3 is 0 Å². The maximum absolute atomic E-state index is 8.62. The number of aliphatic hydroxyl groups excluding tert-OH is 1. The van der Waals surface area contributed by atoms with Gasteiger partial charge < -0.3 is 10.0 Å². The third-order valence-electron chi connectivity index (χ3n) is 1.99. The van der Waals surface area contributed by atoms with Crippen LogP contribution in [-0.4, -0.2) is 36.8 Å². The summed E-state index contributed by atoms with van der Waals surface area (Å²) < 4.78 is 0. The monoisotopic (exact) mass is 171 g/mol. The van der Waals surface area contributed by atoms with Crippen molar-refractivity contribution in [3.63, 3.8) is 0 Å². The molecule has 0 aromatic heterocycles. The first-order chi connectivity index (χ1) is 5.72. The van der Waals surface area contributed by atoms with Crippen LogP contribution in [0.5, 0.6) is 0 Å². The molecule has 72 valence electrons. The zero-order valence-electron chi connectivity index (χ0n) is 8.45. The predicted octanol–water partition coefficient (Wildman–Crippen LogP) is 1.66. The molecule has 0 saturated heterocycles. The van der Waals surface area contributed by atoms with Gasteiger partial charge in [0.25, 0.3) is 0 Å². The van der Waals surface area contributed by atoms with Crippen LogP contribution in [0.4, 0.5) is 0 Å². The molecular formula is C10H21NO. The highest BCUT2D eigenvalue weighted by atomic mass is 16.2. The highest BCUT2D eigenvalue weighted by Crippen LogP contribution is 2.06. The highest BCUT2D eigenvalue weighted by molar-refractivity contribution is 4.90. The van der Waals surface area contributed by atoms with Crippen molar-refractivity contribution in [3.8, 4) is 0 Å². The Morgan fingerprint density at radius 1 is 1.33 bits per heavy atom. The Balaban J connectivity index is 3.64. The molecule has 2 nitrogen and oxygen atoms in total. The van der Waals surface area contributed by atoms with E-state index in [0.29, 0.717) is 12.6 Å². The van der Waals surface area contributed by atoms with Crippen molar-refractivity contribution in [1.82, 2.24) is 4.90 Å². The van der Waals surface area contributed by atoms with Gasteiger partial charge in [-0.1, -0.05) is 12.2 Å². The molecule has 0 aromatic rings. The van der Waals surface area contributed by atoms with E-state index in [4.69, 9.17) is 5.11 Å². The van der Waals surface area contributed by atoms with Gasteiger partial charge in [-0.3, -0.25) is 0 Å². The first-order valence-corrected chi connectivity index (χ1v) is 4.62. The van der Waals surface area contributed by atoms with Crippen molar-refractivity contribution >= 4 is 0 Å². The average molecular weight is 171 g/mol. The van der Waals surface area contributed by atoms with Gasteiger partial charge in [0.1, 0.15) is 0 Å². The molecular weight excluding hydrogens is 150 g/mol. The van der Waals surface area contributed by atoms with Crippen LogP contribution in [0.15, 0.2) is 12.2 Å². The molecule has 0 radical (unpaired) electrons. The summed E-state index contributed by atoms with van der Waals surface area (Å²) in [7, 11) is 4.17. The van der Waals surface area contributed by atoms with Crippen molar-refractivity contribution in [2.45, 2.75) is 32.2 Å². The summed E-state index contributed by atoms with van der Waals surface area (Å²) >= 11 is 0. The van der Waals surface area contributed by atoms with Crippen molar-refractivity contribution in [1.29, 1.82) is 0 Å². The minimum atomic E-state index is 0.315. The lowest BCUT2D eigenvalue weighted by Gasteiger charge is -2.20. The summed E-state index contributed by atoms with van der Waals surface area (Å²) in [5.74, 6) is 0. The third kappa shape index (κ3) is 5.33. The van der Waals surface area contributed by atoms with E-state index in [9.17, 15) is 0 Å². The fraction of sp³-hybridized carbons (Fsp3) is 0.800. The molecule has 0 heterocycles. The molecule has 2 heteroatoms. The molecule has 1 N–H and O–H groups in total. The SMILES string of the molecule is C/C=C/C(CCCCO)N(C)C. The molecule has 0 amide bonds. The largest absolute Gasteiger partial charge is 0.396 e. The van der Waals surface area contributed by atoms with Crippen molar-refractivity contribution in [2.75, 3.05) is 20.7 Å². The number of hydrogen-bond acceptors (Lipinski definition) is 2. The summed E-state index contributed by atoms with van der Waals surface area (Å²) in [5.41, 5.74) is 0. The van der Waals surface area contributed by atoms with Crippen molar-refractivity contribution < 1.29 is 5.11 Å². The van der Waals surface area contributed by atoms with Crippen LogP contribution in [0.2, 0.25) is 0 Å². The molecule has 0 saturated carbocycles. The van der Waals surface area contributed by atoms with E-state index >= 15 is 0 Å². The van der Waals surface area contributed by atoms with Crippen LogP contribution < -0.4 is 0 Å². The number of unbranched alkanes of at least 4 members (excludes halogenated alkanes) is 1. The van der Waals surface area contributed by atoms with Crippen LogP contribution in [0.3, 0.4) is 0 Å². The van der Waals surface area contributed by atoms with Gasteiger partial charge in [-0.2, -0.15) is 0 Å². The molecule has 0 spiro atoms. The van der Waals surface area contributed by atoms with Gasteiger partial charge in [0, 0.05) is 12.6 Å². The summed E-state index contributed by atoms with van der Waals surface area (Å²) in [5, 5.41) is 8.62. The zero-order valence-corrected chi connectivity index (χ0v) is 8.45. The van der Waals surface area contributed by atoms with Crippen LogP contribution in [-0.2, 0) is 0 Å². The Hall–Kier alpha value is -0.340. The van der Waals surface area contributed by atoms with E-state index in [1.165, 1.54) is 0 Å². The predicted molar refractivity (Wildman–Crippen MR) is 53.2 cm³/mol. The minimum Gasteiger partial charge on any atom is -0.396 e. The summed E-state index contributed by atoms with van der Waals surface area (Å²) in [6.07, 6.45) is 7.45. The topological polar surface area (TPSA) is 23.5 Å². The Morgan fingerprint density at radius 3 is 2.42 bits per heavy atom. The van der Waals surface area contributed by atoms with Crippen LogP contribution >= 0.6 is 0 Å². The summed E-state index contributed by atoms with van der Waals surface area (Å²) in [4.78, 5) is 2.21. The number of likely N-dealkylation sites (N-methyl/N-ethyl adjacent to an activating group) is 1. The van der Waals surface area contributed by atoms with Crippen LogP contribution in [0, 0.1) is 0 Å². The molecule has 0 fully saturated rings. The average Bonchev–Trinajstić information content (AvgIpc) is 2.03. The van der Waals surface area contributed by atoms with E-state index in [0.717, 1.165) is 19.3 Å². The smallest absolute Gasteiger partial charge is 0.0431 e.